The van der Waals surface area contributed by atoms with Gasteiger partial charge in [-0.3, -0.25) is 0 Å². The number of ether oxygens (including phenoxy) is 1. The minimum Gasteiger partial charge on any atom is -0.492 e. The average Bonchev–Trinajstić information content (AvgIpc) is 3.09. The van der Waals surface area contributed by atoms with E-state index >= 15 is 0 Å². The highest BCUT2D eigenvalue weighted by atomic mass is 16.5. The Balaban J connectivity index is 1.62. The van der Waals surface area contributed by atoms with E-state index in [2.05, 4.69) is 90.2 Å². The molecule has 0 spiro atoms. The van der Waals surface area contributed by atoms with Crippen LogP contribution in [0.4, 0.5) is 0 Å². The summed E-state index contributed by atoms with van der Waals surface area (Å²) in [7, 11) is 0. The van der Waals surface area contributed by atoms with E-state index in [-0.39, 0.29) is 0 Å². The number of hydrogen-bond donors (Lipinski definition) is 1. The molecule has 4 atom stereocenters. The maximum absolute atomic E-state index is 6.15. The number of rotatable bonds is 2. The molecule has 0 aliphatic carbocycles. The van der Waals surface area contributed by atoms with Crippen molar-refractivity contribution in [1.29, 1.82) is 0 Å². The van der Waals surface area contributed by atoms with Crippen LogP contribution in [0.5, 0.6) is 5.75 Å². The van der Waals surface area contributed by atoms with Crippen LogP contribution in [0.25, 0.3) is 0 Å². The summed E-state index contributed by atoms with van der Waals surface area (Å²) in [6.07, 6.45) is 0. The Kier molecular flexibility index (Phi) is 3.57. The first-order valence-corrected chi connectivity index (χ1v) is 9.08. The molecule has 124 valence electrons. The van der Waals surface area contributed by atoms with Crippen LogP contribution in [0, 0.1) is 5.92 Å². The van der Waals surface area contributed by atoms with E-state index in [1.807, 2.05) is 0 Å². The van der Waals surface area contributed by atoms with Gasteiger partial charge in [-0.15, -0.1) is 0 Å². The molecule has 25 heavy (non-hydrogen) atoms. The topological polar surface area (TPSA) is 25.8 Å². The van der Waals surface area contributed by atoms with Gasteiger partial charge in [0.1, 0.15) is 17.8 Å². The standard InChI is InChI=1S/C23H21NO/c1-3-9-16(10-4-1)21-19-15-25-20-14-8-7-13-18(20)23(19)24-22(21)17-11-5-2-6-12-17/h1-14,19,21-24H,15H2/p+1/t19-,21-,22-,23+/m1/s1. The van der Waals surface area contributed by atoms with Crippen LogP contribution in [0.1, 0.15) is 34.7 Å². The van der Waals surface area contributed by atoms with Crippen LogP contribution >= 0.6 is 0 Å². The second kappa shape index (κ2) is 6.05. The minimum absolute atomic E-state index is 0.424. The van der Waals surface area contributed by atoms with Crippen LogP contribution in [0.2, 0.25) is 0 Å². The van der Waals surface area contributed by atoms with Crippen molar-refractivity contribution in [1.82, 2.24) is 0 Å². The molecule has 3 aromatic rings. The van der Waals surface area contributed by atoms with Gasteiger partial charge < -0.3 is 10.1 Å². The van der Waals surface area contributed by atoms with Gasteiger partial charge in [0.15, 0.2) is 0 Å². The molecule has 0 unspecified atom stereocenters. The molecule has 2 N–H and O–H groups in total. The smallest absolute Gasteiger partial charge is 0.128 e. The molecule has 2 heteroatoms. The Morgan fingerprint density at radius 1 is 0.680 bits per heavy atom. The molecule has 2 nitrogen and oxygen atoms in total. The summed E-state index contributed by atoms with van der Waals surface area (Å²) in [6, 6.07) is 31.3. The fraction of sp³-hybridized carbons (Fsp3) is 0.217. The fourth-order valence-corrected chi connectivity index (χ4v) is 4.71. The Labute approximate surface area is 148 Å². The Hall–Kier alpha value is -2.58. The molecule has 0 bridgehead atoms. The van der Waals surface area contributed by atoms with Crippen molar-refractivity contribution in [3.63, 3.8) is 0 Å². The van der Waals surface area contributed by atoms with E-state index in [1.165, 1.54) is 16.7 Å². The molecule has 3 aromatic carbocycles. The van der Waals surface area contributed by atoms with Crippen molar-refractivity contribution in [3.05, 3.63) is 102 Å². The van der Waals surface area contributed by atoms with Crippen molar-refractivity contribution in [2.24, 2.45) is 5.92 Å². The number of nitrogens with two attached hydrogens (primary N) is 1. The summed E-state index contributed by atoms with van der Waals surface area (Å²) in [4.78, 5) is 0. The van der Waals surface area contributed by atoms with Gasteiger partial charge in [-0.25, -0.2) is 0 Å². The highest BCUT2D eigenvalue weighted by Gasteiger charge is 2.51. The summed E-state index contributed by atoms with van der Waals surface area (Å²) in [6.45, 7) is 0.793. The van der Waals surface area contributed by atoms with Crippen LogP contribution < -0.4 is 10.1 Å². The monoisotopic (exact) mass is 328 g/mol. The SMILES string of the molecule is c1ccc([C@@H]2[C@H]3COc4ccccc4[C@@H]3[NH2+][C@@H]2c2ccccc2)cc1. The van der Waals surface area contributed by atoms with Crippen molar-refractivity contribution in [2.45, 2.75) is 18.0 Å². The quantitative estimate of drug-likeness (QED) is 0.760. The van der Waals surface area contributed by atoms with E-state index in [4.69, 9.17) is 4.74 Å². The lowest BCUT2D eigenvalue weighted by atomic mass is 9.78. The van der Waals surface area contributed by atoms with Gasteiger partial charge in [0.25, 0.3) is 0 Å². The maximum Gasteiger partial charge on any atom is 0.128 e. The van der Waals surface area contributed by atoms with Crippen LogP contribution in [0.3, 0.4) is 0 Å². The number of quaternary nitrogens is 1. The number of benzene rings is 3. The third-order valence-corrected chi connectivity index (χ3v) is 5.80. The summed E-state index contributed by atoms with van der Waals surface area (Å²) in [5.74, 6) is 2.00. The van der Waals surface area contributed by atoms with Gasteiger partial charge in [0, 0.05) is 5.56 Å². The molecule has 0 radical (unpaired) electrons. The van der Waals surface area contributed by atoms with E-state index in [1.54, 1.807) is 0 Å². The Bertz CT molecular complexity index is 862. The van der Waals surface area contributed by atoms with Crippen molar-refractivity contribution in [2.75, 3.05) is 6.61 Å². The lowest BCUT2D eigenvalue weighted by molar-refractivity contribution is -0.718. The first-order chi connectivity index (χ1) is 12.4. The fourth-order valence-electron chi connectivity index (χ4n) is 4.71. The van der Waals surface area contributed by atoms with Crippen LogP contribution in [0.15, 0.2) is 84.9 Å². The molecule has 5 rings (SSSR count). The molecular weight excluding hydrogens is 306 g/mol. The van der Waals surface area contributed by atoms with E-state index < -0.39 is 0 Å². The summed E-state index contributed by atoms with van der Waals surface area (Å²) < 4.78 is 6.15. The minimum atomic E-state index is 0.424. The lowest BCUT2D eigenvalue weighted by Crippen LogP contribution is -2.84. The van der Waals surface area contributed by atoms with E-state index in [9.17, 15) is 0 Å². The third kappa shape index (κ3) is 2.45. The molecule has 2 aliphatic heterocycles. The number of hydrogen-bond acceptors (Lipinski definition) is 1. The van der Waals surface area contributed by atoms with E-state index in [0.29, 0.717) is 23.9 Å². The second-order valence-electron chi connectivity index (χ2n) is 7.10. The number of fused-ring (bicyclic) bond motifs is 3. The first-order valence-electron chi connectivity index (χ1n) is 9.08. The summed E-state index contributed by atoms with van der Waals surface area (Å²) in [5.41, 5.74) is 4.17. The maximum atomic E-state index is 6.15. The van der Waals surface area contributed by atoms with Gasteiger partial charge in [0.2, 0.25) is 0 Å². The molecule has 0 aromatic heterocycles. The predicted molar refractivity (Wildman–Crippen MR) is 98.5 cm³/mol. The predicted octanol–water partition coefficient (Wildman–Crippen LogP) is 3.84. The highest BCUT2D eigenvalue weighted by Crippen LogP contribution is 2.48. The van der Waals surface area contributed by atoms with Gasteiger partial charge >= 0.3 is 0 Å². The van der Waals surface area contributed by atoms with Crippen molar-refractivity contribution < 1.29 is 10.1 Å². The van der Waals surface area contributed by atoms with Crippen molar-refractivity contribution in [3.8, 4) is 5.75 Å². The number of para-hydroxylation sites is 1. The zero-order chi connectivity index (χ0) is 16.6. The Morgan fingerprint density at radius 2 is 1.32 bits per heavy atom. The lowest BCUT2D eigenvalue weighted by Gasteiger charge is -2.28. The zero-order valence-electron chi connectivity index (χ0n) is 14.1. The molecule has 2 heterocycles. The Morgan fingerprint density at radius 3 is 2.08 bits per heavy atom. The molecular formula is C23H22NO+. The molecule has 0 amide bonds. The summed E-state index contributed by atoms with van der Waals surface area (Å²) in [5, 5.41) is 2.57. The molecule has 0 saturated carbocycles. The largest absolute Gasteiger partial charge is 0.492 e. The molecule has 1 saturated heterocycles. The molecule has 1 fully saturated rings. The summed E-state index contributed by atoms with van der Waals surface area (Å²) >= 11 is 0. The van der Waals surface area contributed by atoms with Gasteiger partial charge in [-0.2, -0.15) is 0 Å². The second-order valence-corrected chi connectivity index (χ2v) is 7.10. The van der Waals surface area contributed by atoms with Crippen LogP contribution in [-0.4, -0.2) is 6.61 Å². The zero-order valence-corrected chi connectivity index (χ0v) is 14.1. The first kappa shape index (κ1) is 14.7. The highest BCUT2D eigenvalue weighted by molar-refractivity contribution is 5.40. The normalized spacial score (nSPS) is 27.2. The van der Waals surface area contributed by atoms with Gasteiger partial charge in [0.05, 0.1) is 24.0 Å². The van der Waals surface area contributed by atoms with Gasteiger partial charge in [-0.1, -0.05) is 72.8 Å². The van der Waals surface area contributed by atoms with Gasteiger partial charge in [-0.05, 0) is 17.7 Å². The van der Waals surface area contributed by atoms with E-state index in [0.717, 1.165) is 12.4 Å². The van der Waals surface area contributed by atoms with Crippen molar-refractivity contribution >= 4 is 0 Å². The molecule has 2 aliphatic rings. The average molecular weight is 328 g/mol. The third-order valence-electron chi connectivity index (χ3n) is 5.80. The van der Waals surface area contributed by atoms with Crippen LogP contribution in [-0.2, 0) is 0 Å².